The number of hydrogen-bond acceptors (Lipinski definition) is 2. The van der Waals surface area contributed by atoms with Crippen molar-refractivity contribution < 1.29 is 4.39 Å². The minimum Gasteiger partial charge on any atom is -0.374 e. The summed E-state index contributed by atoms with van der Waals surface area (Å²) >= 11 is 0. The molecule has 2 unspecified atom stereocenters. The van der Waals surface area contributed by atoms with Crippen molar-refractivity contribution in [1.29, 1.82) is 0 Å². The Hall–Kier alpha value is -1.87. The summed E-state index contributed by atoms with van der Waals surface area (Å²) in [5.41, 5.74) is 1.90. The van der Waals surface area contributed by atoms with Crippen LogP contribution >= 0.6 is 0 Å². The Labute approximate surface area is 126 Å². The van der Waals surface area contributed by atoms with E-state index in [0.717, 1.165) is 12.1 Å². The predicted molar refractivity (Wildman–Crippen MR) is 87.1 cm³/mol. The fourth-order valence-electron chi connectivity index (χ4n) is 2.80. The molecule has 0 saturated heterocycles. The molecule has 0 amide bonds. The zero-order chi connectivity index (χ0) is 15.2. The Balaban J connectivity index is 2.11. The molecule has 2 nitrogen and oxygen atoms in total. The molecule has 112 valence electrons. The van der Waals surface area contributed by atoms with Crippen LogP contribution in [0.3, 0.4) is 0 Å². The first-order valence-electron chi connectivity index (χ1n) is 7.31. The van der Waals surface area contributed by atoms with Gasteiger partial charge in [0.1, 0.15) is 5.82 Å². The number of hydrogen-bond donors (Lipinski definition) is 1. The molecule has 0 aliphatic heterocycles. The molecule has 0 aromatic heterocycles. The van der Waals surface area contributed by atoms with Gasteiger partial charge in [0, 0.05) is 30.9 Å². The molecule has 1 N–H and O–H groups in total. The molecule has 0 spiro atoms. The maximum Gasteiger partial charge on any atom is 0.127 e. The summed E-state index contributed by atoms with van der Waals surface area (Å²) in [6.07, 6.45) is 0. The summed E-state index contributed by atoms with van der Waals surface area (Å²) in [6.45, 7) is 3.00. The van der Waals surface area contributed by atoms with Crippen LogP contribution < -0.4 is 10.2 Å². The van der Waals surface area contributed by atoms with E-state index in [1.807, 2.05) is 37.4 Å². The van der Waals surface area contributed by atoms with Gasteiger partial charge in [-0.2, -0.15) is 0 Å². The lowest BCUT2D eigenvalue weighted by atomic mass is 9.93. The summed E-state index contributed by atoms with van der Waals surface area (Å²) in [4.78, 5) is 2.20. The molecule has 2 aromatic rings. The lowest BCUT2D eigenvalue weighted by Crippen LogP contribution is -2.33. The van der Waals surface area contributed by atoms with Gasteiger partial charge in [0.2, 0.25) is 0 Å². The number of halogens is 1. The molecule has 0 saturated carbocycles. The smallest absolute Gasteiger partial charge is 0.127 e. The SMILES string of the molecule is CNC(c1ccccc1F)C(C)CN(C)c1ccccc1. The quantitative estimate of drug-likeness (QED) is 0.867. The van der Waals surface area contributed by atoms with E-state index in [0.29, 0.717) is 0 Å². The summed E-state index contributed by atoms with van der Waals surface area (Å²) in [6, 6.07) is 17.2. The van der Waals surface area contributed by atoms with Crippen molar-refractivity contribution in [3.05, 3.63) is 66.0 Å². The first-order chi connectivity index (χ1) is 10.1. The summed E-state index contributed by atoms with van der Waals surface area (Å²) in [7, 11) is 3.95. The molecule has 0 aliphatic rings. The molecule has 2 atom stereocenters. The highest BCUT2D eigenvalue weighted by atomic mass is 19.1. The lowest BCUT2D eigenvalue weighted by Gasteiger charge is -2.29. The molecule has 0 aliphatic carbocycles. The van der Waals surface area contributed by atoms with E-state index in [1.54, 1.807) is 6.07 Å². The van der Waals surface area contributed by atoms with E-state index in [9.17, 15) is 4.39 Å². The van der Waals surface area contributed by atoms with Crippen molar-refractivity contribution in [2.75, 3.05) is 25.5 Å². The second-order valence-corrected chi connectivity index (χ2v) is 5.48. The van der Waals surface area contributed by atoms with Crippen molar-refractivity contribution >= 4 is 5.69 Å². The third-order valence-electron chi connectivity index (χ3n) is 3.88. The van der Waals surface area contributed by atoms with Crippen LogP contribution in [0.5, 0.6) is 0 Å². The molecular weight excluding hydrogens is 263 g/mol. The fraction of sp³-hybridized carbons (Fsp3) is 0.333. The molecule has 21 heavy (non-hydrogen) atoms. The molecule has 3 heteroatoms. The van der Waals surface area contributed by atoms with Crippen LogP contribution in [0.25, 0.3) is 0 Å². The van der Waals surface area contributed by atoms with Gasteiger partial charge >= 0.3 is 0 Å². The lowest BCUT2D eigenvalue weighted by molar-refractivity contribution is 0.399. The van der Waals surface area contributed by atoms with Crippen LogP contribution in [-0.2, 0) is 0 Å². The summed E-state index contributed by atoms with van der Waals surface area (Å²) in [5, 5.41) is 3.25. The van der Waals surface area contributed by atoms with Crippen molar-refractivity contribution in [1.82, 2.24) is 5.32 Å². The van der Waals surface area contributed by atoms with Crippen LogP contribution in [0.4, 0.5) is 10.1 Å². The van der Waals surface area contributed by atoms with Gasteiger partial charge in [0.05, 0.1) is 0 Å². The number of benzene rings is 2. The highest BCUT2D eigenvalue weighted by Gasteiger charge is 2.21. The fourth-order valence-corrected chi connectivity index (χ4v) is 2.80. The standard InChI is InChI=1S/C18H23FN2/c1-14(13-21(3)15-9-5-4-6-10-15)18(20-2)16-11-7-8-12-17(16)19/h4-12,14,18,20H,13H2,1-3H3. The predicted octanol–water partition coefficient (Wildman–Crippen LogP) is 3.86. The Morgan fingerprint density at radius 1 is 1.05 bits per heavy atom. The van der Waals surface area contributed by atoms with E-state index in [4.69, 9.17) is 0 Å². The van der Waals surface area contributed by atoms with Gasteiger partial charge in [0.15, 0.2) is 0 Å². The van der Waals surface area contributed by atoms with Gasteiger partial charge in [-0.25, -0.2) is 4.39 Å². The van der Waals surface area contributed by atoms with E-state index in [2.05, 4.69) is 36.3 Å². The number of anilines is 1. The average Bonchev–Trinajstić information content (AvgIpc) is 2.50. The van der Waals surface area contributed by atoms with Crippen molar-refractivity contribution in [3.63, 3.8) is 0 Å². The van der Waals surface area contributed by atoms with Crippen molar-refractivity contribution in [2.24, 2.45) is 5.92 Å². The number of rotatable bonds is 6. The van der Waals surface area contributed by atoms with Crippen LogP contribution in [0.15, 0.2) is 54.6 Å². The van der Waals surface area contributed by atoms with E-state index < -0.39 is 0 Å². The second-order valence-electron chi connectivity index (χ2n) is 5.48. The van der Waals surface area contributed by atoms with Crippen molar-refractivity contribution in [3.8, 4) is 0 Å². The number of nitrogens with one attached hydrogen (secondary N) is 1. The van der Waals surface area contributed by atoms with Crippen LogP contribution in [0.1, 0.15) is 18.5 Å². The second kappa shape index (κ2) is 7.23. The largest absolute Gasteiger partial charge is 0.374 e. The molecule has 2 rings (SSSR count). The Bertz CT molecular complexity index is 556. The van der Waals surface area contributed by atoms with Gasteiger partial charge in [0.25, 0.3) is 0 Å². The van der Waals surface area contributed by atoms with Crippen LogP contribution in [0.2, 0.25) is 0 Å². The van der Waals surface area contributed by atoms with Gasteiger partial charge in [-0.1, -0.05) is 43.3 Å². The van der Waals surface area contributed by atoms with E-state index >= 15 is 0 Å². The highest BCUT2D eigenvalue weighted by Crippen LogP contribution is 2.25. The zero-order valence-corrected chi connectivity index (χ0v) is 12.9. The minimum atomic E-state index is -0.147. The zero-order valence-electron chi connectivity index (χ0n) is 12.9. The van der Waals surface area contributed by atoms with Gasteiger partial charge in [-0.05, 0) is 31.2 Å². The number of nitrogens with zero attached hydrogens (tertiary/aromatic N) is 1. The normalized spacial score (nSPS) is 13.7. The third-order valence-corrected chi connectivity index (χ3v) is 3.88. The van der Waals surface area contributed by atoms with Crippen molar-refractivity contribution in [2.45, 2.75) is 13.0 Å². The Morgan fingerprint density at radius 2 is 1.67 bits per heavy atom. The van der Waals surface area contributed by atoms with Crippen LogP contribution in [-0.4, -0.2) is 20.6 Å². The average molecular weight is 286 g/mol. The third kappa shape index (κ3) is 3.82. The minimum absolute atomic E-state index is 0.00244. The van der Waals surface area contributed by atoms with E-state index in [1.165, 1.54) is 11.8 Å². The van der Waals surface area contributed by atoms with Gasteiger partial charge in [-0.3, -0.25) is 0 Å². The maximum atomic E-state index is 14.0. The summed E-state index contributed by atoms with van der Waals surface area (Å²) < 4.78 is 14.0. The van der Waals surface area contributed by atoms with Gasteiger partial charge < -0.3 is 10.2 Å². The molecule has 2 aromatic carbocycles. The number of para-hydroxylation sites is 1. The Kier molecular flexibility index (Phi) is 5.34. The summed E-state index contributed by atoms with van der Waals surface area (Å²) in [5.74, 6) is 0.128. The molecular formula is C18H23FN2. The monoisotopic (exact) mass is 286 g/mol. The van der Waals surface area contributed by atoms with Gasteiger partial charge in [-0.15, -0.1) is 0 Å². The maximum absolute atomic E-state index is 14.0. The topological polar surface area (TPSA) is 15.3 Å². The molecule has 0 fully saturated rings. The molecule has 0 radical (unpaired) electrons. The molecule has 0 bridgehead atoms. The first-order valence-corrected chi connectivity index (χ1v) is 7.31. The van der Waals surface area contributed by atoms with Crippen LogP contribution in [0, 0.1) is 11.7 Å². The Morgan fingerprint density at radius 3 is 2.29 bits per heavy atom. The van der Waals surface area contributed by atoms with E-state index in [-0.39, 0.29) is 17.8 Å². The molecule has 0 heterocycles. The highest BCUT2D eigenvalue weighted by molar-refractivity contribution is 5.45. The first kappa shape index (κ1) is 15.5.